The van der Waals surface area contributed by atoms with Gasteiger partial charge >= 0.3 is 17.7 Å². The third-order valence-corrected chi connectivity index (χ3v) is 5.55. The zero-order chi connectivity index (χ0) is 24.1. The lowest BCUT2D eigenvalue weighted by Crippen LogP contribution is -2.15. The summed E-state index contributed by atoms with van der Waals surface area (Å²) in [5, 5.41) is 0. The van der Waals surface area contributed by atoms with Gasteiger partial charge in [0.1, 0.15) is 11.3 Å². The molecule has 0 aliphatic heterocycles. The van der Waals surface area contributed by atoms with E-state index in [1.165, 1.54) is 25.9 Å². The number of carbonyl (C=O) groups is 2. The Balaban J connectivity index is 1.82. The zero-order valence-corrected chi connectivity index (χ0v) is 19.3. The van der Waals surface area contributed by atoms with Crippen molar-refractivity contribution in [3.05, 3.63) is 69.2 Å². The number of nitrogens with zero attached hydrogens (tertiary/aromatic N) is 1. The summed E-state index contributed by atoms with van der Waals surface area (Å²) in [6.45, 7) is 1.84. The van der Waals surface area contributed by atoms with Crippen LogP contribution < -0.4 is 10.5 Å². The van der Waals surface area contributed by atoms with Gasteiger partial charge in [-0.25, -0.2) is 9.59 Å². The number of benzene rings is 2. The van der Waals surface area contributed by atoms with Crippen LogP contribution in [0.15, 0.2) is 45.6 Å². The van der Waals surface area contributed by atoms with E-state index in [0.717, 1.165) is 16.7 Å². The first-order valence-electron chi connectivity index (χ1n) is 10.4. The smallest absolute Gasteiger partial charge is 0.419 e. The molecule has 0 amide bonds. The Bertz CT molecular complexity index is 1270. The lowest BCUT2D eigenvalue weighted by Gasteiger charge is -2.15. The quantitative estimate of drug-likeness (QED) is 0.476. The van der Waals surface area contributed by atoms with E-state index in [4.69, 9.17) is 18.6 Å². The van der Waals surface area contributed by atoms with Gasteiger partial charge in [0.05, 0.1) is 32.8 Å². The summed E-state index contributed by atoms with van der Waals surface area (Å²) >= 11 is 0. The van der Waals surface area contributed by atoms with E-state index in [1.807, 2.05) is 31.2 Å². The number of allylic oxidation sites excluding steroid dienone is 1. The van der Waals surface area contributed by atoms with E-state index in [0.29, 0.717) is 35.3 Å². The standard InChI is InChI=1S/C25H27NO7/c1-15-12-17(14-20-22(15)33-25(29)26(20)2)18(23(27)31-4)9-7-6-8-16-10-11-21(30-3)19(13-16)24(28)32-5/h6,8,10-14,18H,7,9H2,1-5H3/b8-6-. The third-order valence-electron chi connectivity index (χ3n) is 5.55. The molecule has 174 valence electrons. The van der Waals surface area contributed by atoms with Crippen molar-refractivity contribution >= 4 is 29.1 Å². The molecular formula is C25H27NO7. The van der Waals surface area contributed by atoms with Crippen LogP contribution in [0.3, 0.4) is 0 Å². The number of oxazole rings is 1. The van der Waals surface area contributed by atoms with Crippen molar-refractivity contribution in [1.82, 2.24) is 4.57 Å². The maximum atomic E-state index is 12.5. The molecule has 0 N–H and O–H groups in total. The first kappa shape index (κ1) is 23.8. The summed E-state index contributed by atoms with van der Waals surface area (Å²) in [6.07, 6.45) is 4.88. The maximum Gasteiger partial charge on any atom is 0.419 e. The maximum absolute atomic E-state index is 12.5. The summed E-state index contributed by atoms with van der Waals surface area (Å²) in [7, 11) is 5.79. The minimum absolute atomic E-state index is 0.337. The second-order valence-electron chi connectivity index (χ2n) is 7.62. The van der Waals surface area contributed by atoms with Crippen molar-refractivity contribution in [3.63, 3.8) is 0 Å². The zero-order valence-electron chi connectivity index (χ0n) is 19.3. The molecule has 0 saturated heterocycles. The molecule has 33 heavy (non-hydrogen) atoms. The van der Waals surface area contributed by atoms with E-state index in [-0.39, 0.29) is 5.97 Å². The van der Waals surface area contributed by atoms with E-state index in [2.05, 4.69) is 0 Å². The summed E-state index contributed by atoms with van der Waals surface area (Å²) in [5.41, 5.74) is 3.82. The Morgan fingerprint density at radius 1 is 1.12 bits per heavy atom. The molecular weight excluding hydrogens is 426 g/mol. The number of methoxy groups -OCH3 is 3. The molecule has 3 rings (SSSR count). The second-order valence-corrected chi connectivity index (χ2v) is 7.62. The number of fused-ring (bicyclic) bond motifs is 1. The Morgan fingerprint density at radius 3 is 2.55 bits per heavy atom. The molecule has 0 fully saturated rings. The molecule has 0 bridgehead atoms. The predicted octanol–water partition coefficient (Wildman–Crippen LogP) is 3.99. The first-order chi connectivity index (χ1) is 15.8. The van der Waals surface area contributed by atoms with Gasteiger partial charge in [-0.05, 0) is 54.7 Å². The average molecular weight is 453 g/mol. The van der Waals surface area contributed by atoms with Gasteiger partial charge in [0.15, 0.2) is 5.58 Å². The Hall–Kier alpha value is -3.81. The largest absolute Gasteiger partial charge is 0.496 e. The fraction of sp³-hybridized carbons (Fsp3) is 0.320. The number of ether oxygens (including phenoxy) is 3. The summed E-state index contributed by atoms with van der Waals surface area (Å²) in [5.74, 6) is -1.35. The van der Waals surface area contributed by atoms with Crippen LogP contribution >= 0.6 is 0 Å². The highest BCUT2D eigenvalue weighted by Crippen LogP contribution is 2.29. The van der Waals surface area contributed by atoms with Crippen molar-refractivity contribution in [2.24, 2.45) is 7.05 Å². The van der Waals surface area contributed by atoms with Crippen LogP contribution in [0.5, 0.6) is 5.75 Å². The molecule has 8 heteroatoms. The Kier molecular flexibility index (Phi) is 7.37. The number of hydrogen-bond acceptors (Lipinski definition) is 7. The van der Waals surface area contributed by atoms with Crippen LogP contribution in [0, 0.1) is 6.92 Å². The van der Waals surface area contributed by atoms with Gasteiger partial charge < -0.3 is 18.6 Å². The Labute approximate surface area is 191 Å². The van der Waals surface area contributed by atoms with Crippen LogP contribution in [0.4, 0.5) is 0 Å². The van der Waals surface area contributed by atoms with E-state index < -0.39 is 17.6 Å². The lowest BCUT2D eigenvalue weighted by atomic mass is 9.92. The number of carbonyl (C=O) groups excluding carboxylic acids is 2. The van der Waals surface area contributed by atoms with Crippen LogP contribution in [0.1, 0.15) is 45.8 Å². The van der Waals surface area contributed by atoms with Crippen molar-refractivity contribution in [3.8, 4) is 5.75 Å². The summed E-state index contributed by atoms with van der Waals surface area (Å²) in [4.78, 5) is 36.4. The number of esters is 2. The number of aromatic nitrogens is 1. The van der Waals surface area contributed by atoms with E-state index in [9.17, 15) is 14.4 Å². The molecule has 0 spiro atoms. The highest BCUT2D eigenvalue weighted by atomic mass is 16.5. The van der Waals surface area contributed by atoms with E-state index in [1.54, 1.807) is 25.2 Å². The molecule has 0 aliphatic carbocycles. The SMILES string of the molecule is COC(=O)c1cc(/C=C\CCC(C(=O)OC)c2cc(C)c3oc(=O)n(C)c3c2)ccc1OC. The van der Waals surface area contributed by atoms with E-state index >= 15 is 0 Å². The van der Waals surface area contributed by atoms with Gasteiger partial charge in [-0.3, -0.25) is 9.36 Å². The number of aryl methyl sites for hydroxylation is 2. The summed E-state index contributed by atoms with van der Waals surface area (Å²) in [6, 6.07) is 8.87. The molecule has 1 aromatic heterocycles. The van der Waals surface area contributed by atoms with Crippen molar-refractivity contribution < 1.29 is 28.2 Å². The highest BCUT2D eigenvalue weighted by Gasteiger charge is 2.23. The van der Waals surface area contributed by atoms with Crippen LogP contribution in [-0.2, 0) is 21.3 Å². The molecule has 1 atom stereocenters. The predicted molar refractivity (Wildman–Crippen MR) is 124 cm³/mol. The Morgan fingerprint density at radius 2 is 1.88 bits per heavy atom. The normalized spacial score (nSPS) is 12.2. The highest BCUT2D eigenvalue weighted by molar-refractivity contribution is 5.93. The minimum Gasteiger partial charge on any atom is -0.496 e. The molecule has 0 saturated carbocycles. The molecule has 2 aromatic carbocycles. The molecule has 3 aromatic rings. The monoisotopic (exact) mass is 453 g/mol. The molecule has 1 unspecified atom stereocenters. The number of hydrogen-bond donors (Lipinski definition) is 0. The van der Waals surface area contributed by atoms with Gasteiger partial charge in [-0.2, -0.15) is 0 Å². The minimum atomic E-state index is -0.505. The first-order valence-corrected chi connectivity index (χ1v) is 10.4. The summed E-state index contributed by atoms with van der Waals surface area (Å²) < 4.78 is 21.8. The van der Waals surface area contributed by atoms with Crippen LogP contribution in [0.25, 0.3) is 17.2 Å². The fourth-order valence-corrected chi connectivity index (χ4v) is 3.76. The van der Waals surface area contributed by atoms with Gasteiger partial charge in [-0.1, -0.05) is 24.3 Å². The molecule has 0 radical (unpaired) electrons. The number of rotatable bonds is 8. The van der Waals surface area contributed by atoms with Crippen molar-refractivity contribution in [2.75, 3.05) is 21.3 Å². The lowest BCUT2D eigenvalue weighted by molar-refractivity contribution is -0.142. The average Bonchev–Trinajstić information content (AvgIpc) is 3.12. The molecule has 8 nitrogen and oxygen atoms in total. The van der Waals surface area contributed by atoms with Gasteiger partial charge in [0, 0.05) is 7.05 Å². The van der Waals surface area contributed by atoms with Crippen LogP contribution in [0.2, 0.25) is 0 Å². The third kappa shape index (κ3) is 5.00. The van der Waals surface area contributed by atoms with Gasteiger partial charge in [0.2, 0.25) is 0 Å². The van der Waals surface area contributed by atoms with Crippen LogP contribution in [-0.4, -0.2) is 37.8 Å². The van der Waals surface area contributed by atoms with Crippen molar-refractivity contribution in [2.45, 2.75) is 25.7 Å². The van der Waals surface area contributed by atoms with Gasteiger partial charge in [0.25, 0.3) is 0 Å². The molecule has 1 heterocycles. The fourth-order valence-electron chi connectivity index (χ4n) is 3.76. The van der Waals surface area contributed by atoms with Gasteiger partial charge in [-0.15, -0.1) is 0 Å². The topological polar surface area (TPSA) is 97.0 Å². The second kappa shape index (κ2) is 10.2. The van der Waals surface area contributed by atoms with Crippen molar-refractivity contribution in [1.29, 1.82) is 0 Å². The molecule has 0 aliphatic rings.